The molecule has 1 aliphatic carbocycles. The Hall–Kier alpha value is -0.115. The van der Waals surface area contributed by atoms with E-state index in [0.29, 0.717) is 22.6 Å². The van der Waals surface area contributed by atoms with E-state index in [1.165, 1.54) is 52.2 Å². The van der Waals surface area contributed by atoms with E-state index in [4.69, 9.17) is 0 Å². The molecule has 2 aliphatic rings. The van der Waals surface area contributed by atoms with Gasteiger partial charge in [-0.3, -0.25) is 4.79 Å². The number of thioether (sulfide) groups is 1. The summed E-state index contributed by atoms with van der Waals surface area (Å²) in [5.74, 6) is 1.69. The first-order valence-electron chi connectivity index (χ1n) is 8.98. The normalized spacial score (nSPS) is 31.6. The van der Waals surface area contributed by atoms with Gasteiger partial charge in [0.25, 0.3) is 5.24 Å². The van der Waals surface area contributed by atoms with Crippen LogP contribution >= 0.6 is 11.8 Å². The van der Waals surface area contributed by atoms with Crippen LogP contribution in [0.1, 0.15) is 72.6 Å². The second-order valence-electron chi connectivity index (χ2n) is 7.70. The molecular formula is C17H32BNOS. The maximum atomic E-state index is 12.3. The summed E-state index contributed by atoms with van der Waals surface area (Å²) in [4.78, 5) is 14.5. The number of hydrogen-bond acceptors (Lipinski definition) is 2. The monoisotopic (exact) mass is 309 g/mol. The molecule has 0 spiro atoms. The van der Waals surface area contributed by atoms with Crippen molar-refractivity contribution in [2.75, 3.05) is 0 Å². The van der Waals surface area contributed by atoms with Gasteiger partial charge in [-0.05, 0) is 26.7 Å². The Kier molecular flexibility index (Phi) is 6.52. The molecular weight excluding hydrogens is 277 g/mol. The number of rotatable bonds is 3. The minimum Gasteiger partial charge on any atom is -0.327 e. The van der Waals surface area contributed by atoms with Crippen LogP contribution in [0.4, 0.5) is 4.79 Å². The van der Waals surface area contributed by atoms with E-state index in [9.17, 15) is 4.79 Å². The lowest BCUT2D eigenvalue weighted by Gasteiger charge is -2.32. The van der Waals surface area contributed by atoms with Crippen LogP contribution in [0.5, 0.6) is 0 Å². The number of amides is 1. The molecule has 1 aliphatic heterocycles. The first-order valence-corrected chi connectivity index (χ1v) is 9.86. The fraction of sp³-hybridized carbons (Fsp3) is 0.941. The largest absolute Gasteiger partial charge is 0.327 e. The molecule has 0 aromatic rings. The van der Waals surface area contributed by atoms with Gasteiger partial charge in [0.2, 0.25) is 0 Å². The van der Waals surface area contributed by atoms with Crippen LogP contribution in [0.3, 0.4) is 0 Å². The molecule has 3 unspecified atom stereocenters. The van der Waals surface area contributed by atoms with Crippen molar-refractivity contribution in [2.24, 2.45) is 0 Å². The van der Waals surface area contributed by atoms with Crippen molar-refractivity contribution in [2.45, 2.75) is 102 Å². The van der Waals surface area contributed by atoms with Gasteiger partial charge < -0.3 is 4.90 Å². The third-order valence-corrected chi connectivity index (χ3v) is 6.35. The predicted molar refractivity (Wildman–Crippen MR) is 95.9 cm³/mol. The summed E-state index contributed by atoms with van der Waals surface area (Å²) >= 11 is 1.63. The zero-order valence-electron chi connectivity index (χ0n) is 14.3. The Morgan fingerprint density at radius 1 is 1.05 bits per heavy atom. The zero-order valence-corrected chi connectivity index (χ0v) is 15.1. The van der Waals surface area contributed by atoms with E-state index in [2.05, 4.69) is 32.6 Å². The molecule has 2 fully saturated rings. The van der Waals surface area contributed by atoms with Crippen molar-refractivity contribution in [3.05, 3.63) is 0 Å². The molecule has 2 nitrogen and oxygen atoms in total. The maximum Gasteiger partial charge on any atom is 0.282 e. The summed E-state index contributed by atoms with van der Waals surface area (Å²) in [6.45, 7) is 9.02. The van der Waals surface area contributed by atoms with Gasteiger partial charge >= 0.3 is 0 Å². The second-order valence-corrected chi connectivity index (χ2v) is 8.89. The van der Waals surface area contributed by atoms with Gasteiger partial charge in [0, 0.05) is 17.3 Å². The van der Waals surface area contributed by atoms with E-state index in [1.807, 2.05) is 0 Å². The standard InChI is InChI=1S/C17H32BNOS/c1-12(2)18-14-8-6-5-7-9-15-16(11-10-14)21-17(20)19(15)13(3)4/h12-16,18H,5-11H2,1-4H3. The highest BCUT2D eigenvalue weighted by Gasteiger charge is 2.41. The Labute approximate surface area is 136 Å². The fourth-order valence-electron chi connectivity index (χ4n) is 4.16. The van der Waals surface area contributed by atoms with Crippen molar-refractivity contribution in [1.29, 1.82) is 0 Å². The minimum absolute atomic E-state index is 0.333. The van der Waals surface area contributed by atoms with Crippen LogP contribution in [0, 0.1) is 0 Å². The van der Waals surface area contributed by atoms with Crippen LogP contribution in [0.15, 0.2) is 0 Å². The van der Waals surface area contributed by atoms with E-state index < -0.39 is 0 Å². The molecule has 0 aromatic heterocycles. The van der Waals surface area contributed by atoms with Crippen molar-refractivity contribution in [1.82, 2.24) is 4.90 Å². The van der Waals surface area contributed by atoms with Gasteiger partial charge in [-0.2, -0.15) is 0 Å². The quantitative estimate of drug-likeness (QED) is 0.676. The maximum absolute atomic E-state index is 12.3. The molecule has 1 amide bonds. The Morgan fingerprint density at radius 3 is 2.43 bits per heavy atom. The van der Waals surface area contributed by atoms with Crippen molar-refractivity contribution < 1.29 is 4.79 Å². The summed E-state index contributed by atoms with van der Waals surface area (Å²) < 4.78 is 0. The Balaban J connectivity index is 2.02. The molecule has 1 heterocycles. The first-order chi connectivity index (χ1) is 9.99. The molecule has 0 radical (unpaired) electrons. The van der Waals surface area contributed by atoms with Crippen LogP contribution in [0.2, 0.25) is 11.6 Å². The highest BCUT2D eigenvalue weighted by Crippen LogP contribution is 2.40. The van der Waals surface area contributed by atoms with E-state index in [0.717, 1.165) is 11.6 Å². The van der Waals surface area contributed by atoms with Crippen molar-refractivity contribution in [3.63, 3.8) is 0 Å². The van der Waals surface area contributed by atoms with Gasteiger partial charge in [0.1, 0.15) is 7.28 Å². The lowest BCUT2D eigenvalue weighted by molar-refractivity contribution is 0.175. The number of carbonyl (C=O) groups is 1. The Morgan fingerprint density at radius 2 is 1.76 bits per heavy atom. The first kappa shape index (κ1) is 17.2. The third kappa shape index (κ3) is 4.68. The van der Waals surface area contributed by atoms with Gasteiger partial charge in [-0.1, -0.05) is 69.3 Å². The SMILES string of the molecule is CC(C)BC1CCCCCC2C(CC1)SC(=O)N2C(C)C. The van der Waals surface area contributed by atoms with Crippen LogP contribution < -0.4 is 0 Å². The molecule has 21 heavy (non-hydrogen) atoms. The smallest absolute Gasteiger partial charge is 0.282 e. The summed E-state index contributed by atoms with van der Waals surface area (Å²) in [6.07, 6.45) is 9.22. The second kappa shape index (κ2) is 7.94. The van der Waals surface area contributed by atoms with Crippen LogP contribution in [-0.4, -0.2) is 34.8 Å². The number of fused-ring (bicyclic) bond motifs is 1. The molecule has 3 atom stereocenters. The Bertz CT molecular complexity index is 348. The summed E-state index contributed by atoms with van der Waals surface area (Å²) in [5, 5.41) is 0.882. The molecule has 0 aromatic carbocycles. The van der Waals surface area contributed by atoms with Gasteiger partial charge in [0.05, 0.1) is 0 Å². The number of nitrogens with zero attached hydrogens (tertiary/aromatic N) is 1. The van der Waals surface area contributed by atoms with Crippen LogP contribution in [0.25, 0.3) is 0 Å². The molecule has 1 saturated carbocycles. The highest BCUT2D eigenvalue weighted by atomic mass is 32.2. The predicted octanol–water partition coefficient (Wildman–Crippen LogP) is 5.10. The summed E-state index contributed by atoms with van der Waals surface area (Å²) in [5.41, 5.74) is 0. The van der Waals surface area contributed by atoms with Gasteiger partial charge in [-0.25, -0.2) is 0 Å². The fourth-order valence-corrected chi connectivity index (χ4v) is 5.57. The topological polar surface area (TPSA) is 20.3 Å². The van der Waals surface area contributed by atoms with E-state index in [-0.39, 0.29) is 0 Å². The van der Waals surface area contributed by atoms with Crippen molar-refractivity contribution in [3.8, 4) is 0 Å². The van der Waals surface area contributed by atoms with E-state index >= 15 is 0 Å². The zero-order chi connectivity index (χ0) is 15.4. The molecule has 1 saturated heterocycles. The van der Waals surface area contributed by atoms with Crippen LogP contribution in [-0.2, 0) is 0 Å². The molecule has 2 rings (SSSR count). The highest BCUT2D eigenvalue weighted by molar-refractivity contribution is 8.14. The van der Waals surface area contributed by atoms with Crippen molar-refractivity contribution >= 4 is 24.3 Å². The molecule has 0 bridgehead atoms. The summed E-state index contributed by atoms with van der Waals surface area (Å²) in [6, 6.07) is 0.856. The number of hydrogen-bond donors (Lipinski definition) is 0. The average molecular weight is 309 g/mol. The molecule has 120 valence electrons. The number of carbonyl (C=O) groups excluding carboxylic acids is 1. The van der Waals surface area contributed by atoms with E-state index in [1.54, 1.807) is 11.8 Å². The van der Waals surface area contributed by atoms with Gasteiger partial charge in [0.15, 0.2) is 0 Å². The minimum atomic E-state index is 0.333. The molecule has 4 heteroatoms. The van der Waals surface area contributed by atoms with Gasteiger partial charge in [-0.15, -0.1) is 0 Å². The lowest BCUT2D eigenvalue weighted by Crippen LogP contribution is -2.41. The molecule has 0 N–H and O–H groups in total. The average Bonchev–Trinajstić information content (AvgIpc) is 2.71. The lowest BCUT2D eigenvalue weighted by atomic mass is 9.53. The summed E-state index contributed by atoms with van der Waals surface area (Å²) in [7, 11) is 1.36. The third-order valence-electron chi connectivity index (χ3n) is 5.08.